The maximum atomic E-state index is 13.3. The standard InChI is InChI=1S/C23H29N5O3S/c1-13-10-15(14(2)24-17-12-32-26-19(17)21(30)31)18-16(11-13)20(29)27(5)22(25-18)28-8-6-23(3,4)7-9-28/h10-12,14,24H,6-9H2,1-5H3,(H,30,31). The summed E-state index contributed by atoms with van der Waals surface area (Å²) in [6.07, 6.45) is 2.09. The fraction of sp³-hybridized carbons (Fsp3) is 0.478. The Balaban J connectivity index is 1.79. The van der Waals surface area contributed by atoms with Crippen LogP contribution in [0.3, 0.4) is 0 Å². The quantitative estimate of drug-likeness (QED) is 0.595. The fourth-order valence-corrected chi connectivity index (χ4v) is 4.89. The Bertz CT molecular complexity index is 1240. The first-order valence-electron chi connectivity index (χ1n) is 10.8. The molecule has 32 heavy (non-hydrogen) atoms. The number of carboxylic acids is 1. The first-order chi connectivity index (χ1) is 15.1. The number of piperidine rings is 1. The summed E-state index contributed by atoms with van der Waals surface area (Å²) < 4.78 is 5.61. The minimum Gasteiger partial charge on any atom is -0.476 e. The van der Waals surface area contributed by atoms with Gasteiger partial charge in [0.05, 0.1) is 22.6 Å². The molecular formula is C23H29N5O3S. The van der Waals surface area contributed by atoms with Gasteiger partial charge in [-0.1, -0.05) is 19.9 Å². The van der Waals surface area contributed by atoms with Crippen molar-refractivity contribution < 1.29 is 9.90 Å². The van der Waals surface area contributed by atoms with E-state index in [9.17, 15) is 14.7 Å². The minimum absolute atomic E-state index is 0.000646. The van der Waals surface area contributed by atoms with E-state index in [0.29, 0.717) is 28.0 Å². The normalized spacial score (nSPS) is 16.8. The average molecular weight is 456 g/mol. The topological polar surface area (TPSA) is 100 Å². The van der Waals surface area contributed by atoms with Crippen LogP contribution in [0.5, 0.6) is 0 Å². The van der Waals surface area contributed by atoms with Crippen LogP contribution >= 0.6 is 11.5 Å². The number of anilines is 2. The number of nitrogens with zero attached hydrogens (tertiary/aromatic N) is 4. The fourth-order valence-electron chi connectivity index (χ4n) is 4.27. The van der Waals surface area contributed by atoms with Gasteiger partial charge in [0.15, 0.2) is 5.69 Å². The van der Waals surface area contributed by atoms with E-state index < -0.39 is 5.97 Å². The van der Waals surface area contributed by atoms with Crippen molar-refractivity contribution in [1.82, 2.24) is 13.9 Å². The number of fused-ring (bicyclic) bond motifs is 1. The van der Waals surface area contributed by atoms with Gasteiger partial charge in [0.25, 0.3) is 5.56 Å². The predicted octanol–water partition coefficient (Wildman–Crippen LogP) is 4.20. The van der Waals surface area contributed by atoms with Crippen molar-refractivity contribution in [3.8, 4) is 0 Å². The zero-order valence-electron chi connectivity index (χ0n) is 19.1. The molecule has 3 heterocycles. The smallest absolute Gasteiger partial charge is 0.357 e. The van der Waals surface area contributed by atoms with Gasteiger partial charge >= 0.3 is 5.97 Å². The summed E-state index contributed by atoms with van der Waals surface area (Å²) in [5.74, 6) is -0.393. The first kappa shape index (κ1) is 22.3. The lowest BCUT2D eigenvalue weighted by Crippen LogP contribution is -2.40. The number of aromatic nitrogens is 3. The molecule has 1 saturated heterocycles. The van der Waals surface area contributed by atoms with E-state index in [4.69, 9.17) is 4.98 Å². The number of carboxylic acid groups (broad SMARTS) is 1. The predicted molar refractivity (Wildman–Crippen MR) is 128 cm³/mol. The molecule has 0 aliphatic carbocycles. The van der Waals surface area contributed by atoms with Crippen molar-refractivity contribution >= 4 is 40.0 Å². The summed E-state index contributed by atoms with van der Waals surface area (Å²) >= 11 is 1.09. The number of aryl methyl sites for hydroxylation is 1. The van der Waals surface area contributed by atoms with Crippen molar-refractivity contribution in [3.63, 3.8) is 0 Å². The molecule has 2 aromatic heterocycles. The van der Waals surface area contributed by atoms with Crippen molar-refractivity contribution in [1.29, 1.82) is 0 Å². The molecule has 9 heteroatoms. The van der Waals surface area contributed by atoms with Crippen LogP contribution in [0.2, 0.25) is 0 Å². The Hall–Kier alpha value is -2.94. The van der Waals surface area contributed by atoms with Crippen LogP contribution in [0.1, 0.15) is 61.3 Å². The highest BCUT2D eigenvalue weighted by Gasteiger charge is 2.28. The summed E-state index contributed by atoms with van der Waals surface area (Å²) in [6.45, 7) is 10.2. The molecule has 0 saturated carbocycles. The Morgan fingerprint density at radius 3 is 2.62 bits per heavy atom. The largest absolute Gasteiger partial charge is 0.476 e. The lowest BCUT2D eigenvalue weighted by atomic mass is 9.83. The summed E-state index contributed by atoms with van der Waals surface area (Å²) in [7, 11) is 1.78. The maximum Gasteiger partial charge on any atom is 0.357 e. The summed E-state index contributed by atoms with van der Waals surface area (Å²) in [4.78, 5) is 31.9. The van der Waals surface area contributed by atoms with Crippen LogP contribution in [0, 0.1) is 12.3 Å². The van der Waals surface area contributed by atoms with Gasteiger partial charge < -0.3 is 15.3 Å². The van der Waals surface area contributed by atoms with E-state index in [1.165, 1.54) is 0 Å². The lowest BCUT2D eigenvalue weighted by molar-refractivity contribution is 0.0693. The number of carbonyl (C=O) groups is 1. The highest BCUT2D eigenvalue weighted by molar-refractivity contribution is 7.04. The van der Waals surface area contributed by atoms with Crippen LogP contribution in [-0.2, 0) is 7.05 Å². The van der Waals surface area contributed by atoms with Crippen molar-refractivity contribution in [2.24, 2.45) is 12.5 Å². The third kappa shape index (κ3) is 4.09. The molecule has 2 N–H and O–H groups in total. The number of hydrogen-bond acceptors (Lipinski definition) is 7. The highest BCUT2D eigenvalue weighted by Crippen LogP contribution is 2.33. The zero-order valence-corrected chi connectivity index (χ0v) is 19.9. The Kier molecular flexibility index (Phi) is 5.70. The molecule has 0 bridgehead atoms. The molecule has 4 rings (SSSR count). The molecule has 1 atom stereocenters. The number of aromatic carboxylic acids is 1. The molecule has 0 radical (unpaired) electrons. The Labute approximate surface area is 191 Å². The van der Waals surface area contributed by atoms with Gasteiger partial charge in [-0.25, -0.2) is 9.78 Å². The summed E-state index contributed by atoms with van der Waals surface area (Å²) in [6, 6.07) is 3.62. The van der Waals surface area contributed by atoms with E-state index in [1.54, 1.807) is 17.0 Å². The molecular weight excluding hydrogens is 426 g/mol. The van der Waals surface area contributed by atoms with Gasteiger partial charge in [-0.3, -0.25) is 9.36 Å². The number of rotatable bonds is 5. The molecule has 3 aromatic rings. The SMILES string of the molecule is Cc1cc(C(C)Nc2csnc2C(=O)O)c2nc(N3CCC(C)(C)CC3)n(C)c(=O)c2c1. The van der Waals surface area contributed by atoms with Gasteiger partial charge in [-0.2, -0.15) is 4.37 Å². The minimum atomic E-state index is -1.07. The van der Waals surface area contributed by atoms with Gasteiger partial charge in [-0.15, -0.1) is 0 Å². The number of benzene rings is 1. The molecule has 8 nitrogen and oxygen atoms in total. The molecule has 1 aromatic carbocycles. The maximum absolute atomic E-state index is 13.3. The highest BCUT2D eigenvalue weighted by atomic mass is 32.1. The second-order valence-electron chi connectivity index (χ2n) is 9.43. The van der Waals surface area contributed by atoms with Gasteiger partial charge in [0.2, 0.25) is 5.95 Å². The molecule has 1 unspecified atom stereocenters. The van der Waals surface area contributed by atoms with Crippen LogP contribution in [0.4, 0.5) is 11.6 Å². The van der Waals surface area contributed by atoms with E-state index in [0.717, 1.165) is 48.6 Å². The molecule has 1 fully saturated rings. The first-order valence-corrected chi connectivity index (χ1v) is 11.6. The second-order valence-corrected chi connectivity index (χ2v) is 10.1. The van der Waals surface area contributed by atoms with E-state index in [2.05, 4.69) is 28.4 Å². The number of nitrogens with one attached hydrogen (secondary N) is 1. The number of hydrogen-bond donors (Lipinski definition) is 2. The van der Waals surface area contributed by atoms with Crippen molar-refractivity contribution in [3.05, 3.63) is 44.7 Å². The van der Waals surface area contributed by atoms with Crippen LogP contribution < -0.4 is 15.8 Å². The molecule has 170 valence electrons. The van der Waals surface area contributed by atoms with Crippen LogP contribution in [0.15, 0.2) is 22.3 Å². The van der Waals surface area contributed by atoms with Gasteiger partial charge in [0, 0.05) is 31.1 Å². The van der Waals surface area contributed by atoms with Crippen molar-refractivity contribution in [2.45, 2.75) is 46.6 Å². The van der Waals surface area contributed by atoms with Gasteiger partial charge in [0.1, 0.15) is 0 Å². The lowest BCUT2D eigenvalue weighted by Gasteiger charge is -2.38. The monoisotopic (exact) mass is 455 g/mol. The molecule has 0 amide bonds. The average Bonchev–Trinajstić information content (AvgIpc) is 3.19. The van der Waals surface area contributed by atoms with E-state index in [1.807, 2.05) is 26.0 Å². The van der Waals surface area contributed by atoms with Crippen molar-refractivity contribution in [2.75, 3.05) is 23.3 Å². The van der Waals surface area contributed by atoms with E-state index >= 15 is 0 Å². The van der Waals surface area contributed by atoms with Gasteiger partial charge in [-0.05, 0) is 55.3 Å². The third-order valence-electron chi connectivity index (χ3n) is 6.34. The summed E-state index contributed by atoms with van der Waals surface area (Å²) in [5.41, 5.74) is 3.15. The summed E-state index contributed by atoms with van der Waals surface area (Å²) in [5, 5.41) is 14.9. The van der Waals surface area contributed by atoms with E-state index in [-0.39, 0.29) is 17.3 Å². The molecule has 0 spiro atoms. The zero-order chi connectivity index (χ0) is 23.2. The Morgan fingerprint density at radius 1 is 1.28 bits per heavy atom. The second kappa shape index (κ2) is 8.20. The van der Waals surface area contributed by atoms with Crippen LogP contribution in [0.25, 0.3) is 10.9 Å². The third-order valence-corrected chi connectivity index (χ3v) is 6.97. The Morgan fingerprint density at radius 2 is 1.97 bits per heavy atom. The molecule has 1 aliphatic rings. The van der Waals surface area contributed by atoms with Crippen LogP contribution in [-0.4, -0.2) is 38.1 Å². The molecule has 1 aliphatic heterocycles.